The highest BCUT2D eigenvalue weighted by Gasteiger charge is 2.09. The van der Waals surface area contributed by atoms with Gasteiger partial charge in [0.05, 0.1) is 11.4 Å². The summed E-state index contributed by atoms with van der Waals surface area (Å²) in [4.78, 5) is 2.19. The third kappa shape index (κ3) is 2.74. The maximum Gasteiger partial charge on any atom is 0.0929 e. The van der Waals surface area contributed by atoms with Crippen molar-refractivity contribution in [1.29, 1.82) is 0 Å². The number of aromatic nitrogens is 2. The summed E-state index contributed by atoms with van der Waals surface area (Å²) in [6.45, 7) is 4.14. The Bertz CT molecular complexity index is 518. The summed E-state index contributed by atoms with van der Waals surface area (Å²) < 4.78 is 0. The van der Waals surface area contributed by atoms with Crippen LogP contribution in [0.25, 0.3) is 11.3 Å². The van der Waals surface area contributed by atoms with Crippen LogP contribution in [-0.2, 0) is 0 Å². The molecular formula is C15H19N3. The van der Waals surface area contributed by atoms with E-state index in [9.17, 15) is 0 Å². The van der Waals surface area contributed by atoms with Gasteiger partial charge in [0, 0.05) is 11.6 Å². The fourth-order valence-electron chi connectivity index (χ4n) is 1.81. The van der Waals surface area contributed by atoms with Crippen LogP contribution >= 0.6 is 0 Å². The molecule has 0 aliphatic heterocycles. The molecule has 0 amide bonds. The summed E-state index contributed by atoms with van der Waals surface area (Å²) in [6, 6.07) is 12.9. The number of rotatable bonds is 3. The first-order chi connectivity index (χ1) is 8.58. The minimum Gasteiger partial charge on any atom is -0.303 e. The van der Waals surface area contributed by atoms with Gasteiger partial charge in [0.1, 0.15) is 0 Å². The first-order valence-corrected chi connectivity index (χ1v) is 6.15. The van der Waals surface area contributed by atoms with E-state index in [4.69, 9.17) is 0 Å². The van der Waals surface area contributed by atoms with Gasteiger partial charge < -0.3 is 4.90 Å². The molecule has 3 heteroatoms. The Morgan fingerprint density at radius 3 is 2.44 bits per heavy atom. The highest BCUT2D eigenvalue weighted by Crippen LogP contribution is 2.23. The first kappa shape index (κ1) is 12.7. The van der Waals surface area contributed by atoms with Gasteiger partial charge in [-0.2, -0.15) is 10.2 Å². The van der Waals surface area contributed by atoms with Crippen molar-refractivity contribution < 1.29 is 0 Å². The van der Waals surface area contributed by atoms with Crippen molar-refractivity contribution in [2.24, 2.45) is 0 Å². The maximum atomic E-state index is 4.23. The van der Waals surface area contributed by atoms with Crippen molar-refractivity contribution in [2.45, 2.75) is 19.9 Å². The van der Waals surface area contributed by atoms with Crippen molar-refractivity contribution in [3.05, 3.63) is 47.7 Å². The second-order valence-electron chi connectivity index (χ2n) is 4.83. The summed E-state index contributed by atoms with van der Waals surface area (Å²) in [6.07, 6.45) is 0. The van der Waals surface area contributed by atoms with Crippen molar-refractivity contribution in [1.82, 2.24) is 15.1 Å². The second kappa shape index (κ2) is 5.27. The van der Waals surface area contributed by atoms with E-state index in [1.165, 1.54) is 5.56 Å². The molecule has 0 saturated carbocycles. The van der Waals surface area contributed by atoms with Crippen LogP contribution in [0, 0.1) is 6.92 Å². The largest absolute Gasteiger partial charge is 0.303 e. The first-order valence-electron chi connectivity index (χ1n) is 6.15. The van der Waals surface area contributed by atoms with Gasteiger partial charge in [0.15, 0.2) is 0 Å². The fourth-order valence-corrected chi connectivity index (χ4v) is 1.81. The minimum absolute atomic E-state index is 0.392. The Morgan fingerprint density at radius 1 is 1.06 bits per heavy atom. The molecule has 0 unspecified atom stereocenters. The third-order valence-corrected chi connectivity index (χ3v) is 3.24. The molecule has 1 aromatic carbocycles. The molecule has 18 heavy (non-hydrogen) atoms. The van der Waals surface area contributed by atoms with Gasteiger partial charge in [-0.1, -0.05) is 18.2 Å². The molecule has 0 saturated heterocycles. The van der Waals surface area contributed by atoms with E-state index in [-0.39, 0.29) is 0 Å². The summed E-state index contributed by atoms with van der Waals surface area (Å²) in [7, 11) is 4.17. The highest BCUT2D eigenvalue weighted by atomic mass is 15.1. The van der Waals surface area contributed by atoms with Crippen molar-refractivity contribution in [3.63, 3.8) is 0 Å². The number of benzene rings is 1. The van der Waals surface area contributed by atoms with Crippen LogP contribution in [0.2, 0.25) is 0 Å². The van der Waals surface area contributed by atoms with Crippen LogP contribution in [-0.4, -0.2) is 29.2 Å². The maximum absolute atomic E-state index is 4.23. The zero-order valence-corrected chi connectivity index (χ0v) is 11.4. The molecule has 1 atom stereocenters. The molecular weight excluding hydrogens is 222 g/mol. The lowest BCUT2D eigenvalue weighted by molar-refractivity contribution is 0.321. The van der Waals surface area contributed by atoms with E-state index in [1.54, 1.807) is 0 Å². The SMILES string of the molecule is Cc1ccc(-c2cccc([C@@H](C)N(C)C)c2)nn1. The van der Waals surface area contributed by atoms with E-state index >= 15 is 0 Å². The van der Waals surface area contributed by atoms with Gasteiger partial charge >= 0.3 is 0 Å². The molecule has 0 spiro atoms. The van der Waals surface area contributed by atoms with Crippen LogP contribution in [0.15, 0.2) is 36.4 Å². The Morgan fingerprint density at radius 2 is 1.83 bits per heavy atom. The fraction of sp³-hybridized carbons (Fsp3) is 0.333. The Balaban J connectivity index is 2.35. The molecule has 1 aromatic heterocycles. The van der Waals surface area contributed by atoms with Crippen LogP contribution < -0.4 is 0 Å². The molecule has 0 aliphatic carbocycles. The summed E-state index contributed by atoms with van der Waals surface area (Å²) in [5, 5.41) is 8.33. The van der Waals surface area contributed by atoms with Gasteiger partial charge in [0.2, 0.25) is 0 Å². The Kier molecular flexibility index (Phi) is 3.72. The van der Waals surface area contributed by atoms with E-state index < -0.39 is 0 Å². The quantitative estimate of drug-likeness (QED) is 0.827. The summed E-state index contributed by atoms with van der Waals surface area (Å²) in [5.74, 6) is 0. The summed E-state index contributed by atoms with van der Waals surface area (Å²) in [5.41, 5.74) is 4.28. The standard InChI is InChI=1S/C15H19N3/c1-11-8-9-15(17-16-11)14-7-5-6-13(10-14)12(2)18(3)4/h5-10,12H,1-4H3/t12-/m1/s1. The van der Waals surface area contributed by atoms with Crippen molar-refractivity contribution in [3.8, 4) is 11.3 Å². The molecule has 0 N–H and O–H groups in total. The van der Waals surface area contributed by atoms with Crippen LogP contribution in [0.4, 0.5) is 0 Å². The topological polar surface area (TPSA) is 29.0 Å². The van der Waals surface area contributed by atoms with Crippen LogP contribution in [0.1, 0.15) is 24.2 Å². The van der Waals surface area contributed by atoms with E-state index in [2.05, 4.69) is 60.4 Å². The average molecular weight is 241 g/mol. The molecule has 2 rings (SSSR count). The predicted octanol–water partition coefficient (Wildman–Crippen LogP) is 3.07. The summed E-state index contributed by atoms with van der Waals surface area (Å²) >= 11 is 0. The highest BCUT2D eigenvalue weighted by molar-refractivity contribution is 5.59. The smallest absolute Gasteiger partial charge is 0.0929 e. The lowest BCUT2D eigenvalue weighted by Crippen LogP contribution is -2.16. The predicted molar refractivity (Wildman–Crippen MR) is 74.3 cm³/mol. The van der Waals surface area contributed by atoms with Gasteiger partial charge in [-0.15, -0.1) is 0 Å². The molecule has 3 nitrogen and oxygen atoms in total. The average Bonchev–Trinajstić information content (AvgIpc) is 2.38. The number of hydrogen-bond acceptors (Lipinski definition) is 3. The van der Waals surface area contributed by atoms with Crippen molar-refractivity contribution in [2.75, 3.05) is 14.1 Å². The molecule has 0 fully saturated rings. The third-order valence-electron chi connectivity index (χ3n) is 3.24. The van der Waals surface area contributed by atoms with Crippen molar-refractivity contribution >= 4 is 0 Å². The van der Waals surface area contributed by atoms with Gasteiger partial charge in [-0.3, -0.25) is 0 Å². The lowest BCUT2D eigenvalue weighted by atomic mass is 10.0. The molecule has 0 aliphatic rings. The van der Waals surface area contributed by atoms with E-state index in [0.717, 1.165) is 17.0 Å². The second-order valence-corrected chi connectivity index (χ2v) is 4.83. The molecule has 0 bridgehead atoms. The Hall–Kier alpha value is -1.74. The van der Waals surface area contributed by atoms with E-state index in [1.807, 2.05) is 19.1 Å². The zero-order chi connectivity index (χ0) is 13.1. The number of aryl methyl sites for hydroxylation is 1. The molecule has 94 valence electrons. The zero-order valence-electron chi connectivity index (χ0n) is 11.4. The van der Waals surface area contributed by atoms with Gasteiger partial charge in [0.25, 0.3) is 0 Å². The number of nitrogens with zero attached hydrogens (tertiary/aromatic N) is 3. The lowest BCUT2D eigenvalue weighted by Gasteiger charge is -2.20. The van der Waals surface area contributed by atoms with Gasteiger partial charge in [-0.05, 0) is 51.7 Å². The molecule has 2 aromatic rings. The Labute approximate surface area is 108 Å². The van der Waals surface area contributed by atoms with E-state index in [0.29, 0.717) is 6.04 Å². The molecule has 1 heterocycles. The monoisotopic (exact) mass is 241 g/mol. The minimum atomic E-state index is 0.392. The van der Waals surface area contributed by atoms with Gasteiger partial charge in [-0.25, -0.2) is 0 Å². The number of hydrogen-bond donors (Lipinski definition) is 0. The normalized spacial score (nSPS) is 12.7. The van der Waals surface area contributed by atoms with Crippen LogP contribution in [0.5, 0.6) is 0 Å². The van der Waals surface area contributed by atoms with Crippen LogP contribution in [0.3, 0.4) is 0 Å². The molecule has 0 radical (unpaired) electrons.